The van der Waals surface area contributed by atoms with Gasteiger partial charge >= 0.3 is 5.97 Å². The summed E-state index contributed by atoms with van der Waals surface area (Å²) in [5, 5.41) is 2.67. The molecule has 0 aromatic heterocycles. The molecule has 5 nitrogen and oxygen atoms in total. The lowest BCUT2D eigenvalue weighted by molar-refractivity contribution is -0.123. The van der Waals surface area contributed by atoms with Crippen molar-refractivity contribution in [3.05, 3.63) is 90.0 Å². The molecule has 0 bridgehead atoms. The Balaban J connectivity index is 1.59. The van der Waals surface area contributed by atoms with Gasteiger partial charge in [0.05, 0.1) is 5.56 Å². The summed E-state index contributed by atoms with van der Waals surface area (Å²) in [4.78, 5) is 35.9. The highest BCUT2D eigenvalue weighted by molar-refractivity contribution is 5.98. The van der Waals surface area contributed by atoms with Crippen LogP contribution < -0.4 is 5.32 Å². The van der Waals surface area contributed by atoms with Crippen molar-refractivity contribution < 1.29 is 19.1 Å². The summed E-state index contributed by atoms with van der Waals surface area (Å²) in [5.41, 5.74) is 3.49. The van der Waals surface area contributed by atoms with Crippen LogP contribution in [-0.4, -0.2) is 23.8 Å². The van der Waals surface area contributed by atoms with Crippen molar-refractivity contribution in [1.29, 1.82) is 0 Å². The molecule has 0 aliphatic carbocycles. The van der Waals surface area contributed by atoms with Gasteiger partial charge in [-0.2, -0.15) is 0 Å². The van der Waals surface area contributed by atoms with Crippen molar-refractivity contribution in [2.75, 3.05) is 5.32 Å². The number of carbonyl (C=O) groups excluding carboxylic acids is 3. The minimum Gasteiger partial charge on any atom is -0.449 e. The number of ketones is 1. The van der Waals surface area contributed by atoms with Crippen LogP contribution in [0.25, 0.3) is 11.1 Å². The zero-order valence-corrected chi connectivity index (χ0v) is 16.2. The van der Waals surface area contributed by atoms with Gasteiger partial charge in [0.2, 0.25) is 0 Å². The molecular weight excluding hydrogens is 366 g/mol. The summed E-state index contributed by atoms with van der Waals surface area (Å²) in [6.07, 6.45) is -0.969. The molecule has 1 amide bonds. The molecule has 0 saturated carbocycles. The molecule has 5 heteroatoms. The number of anilines is 1. The third-order valence-electron chi connectivity index (χ3n) is 4.44. The van der Waals surface area contributed by atoms with Crippen LogP contribution in [0.2, 0.25) is 0 Å². The monoisotopic (exact) mass is 387 g/mol. The lowest BCUT2D eigenvalue weighted by Crippen LogP contribution is -2.30. The Bertz CT molecular complexity index is 1010. The second-order valence-electron chi connectivity index (χ2n) is 6.61. The van der Waals surface area contributed by atoms with Gasteiger partial charge in [-0.25, -0.2) is 4.79 Å². The van der Waals surface area contributed by atoms with E-state index in [0.29, 0.717) is 16.8 Å². The van der Waals surface area contributed by atoms with E-state index in [1.165, 1.54) is 13.8 Å². The quantitative estimate of drug-likeness (QED) is 0.490. The van der Waals surface area contributed by atoms with Crippen molar-refractivity contribution in [3.8, 4) is 11.1 Å². The van der Waals surface area contributed by atoms with Crippen LogP contribution in [0.1, 0.15) is 34.6 Å². The fraction of sp³-hybridized carbons (Fsp3) is 0.125. The van der Waals surface area contributed by atoms with Crippen LogP contribution in [0.4, 0.5) is 5.69 Å². The lowest BCUT2D eigenvalue weighted by atomic mass is 10.0. The summed E-state index contributed by atoms with van der Waals surface area (Å²) in [6.45, 7) is 2.98. The summed E-state index contributed by atoms with van der Waals surface area (Å²) in [5.74, 6) is -1.07. The highest BCUT2D eigenvalue weighted by Crippen LogP contribution is 2.20. The summed E-state index contributed by atoms with van der Waals surface area (Å²) < 4.78 is 5.27. The van der Waals surface area contributed by atoms with E-state index in [2.05, 4.69) is 5.32 Å². The Morgan fingerprint density at radius 1 is 0.759 bits per heavy atom. The summed E-state index contributed by atoms with van der Waals surface area (Å²) >= 11 is 0. The first-order valence-corrected chi connectivity index (χ1v) is 9.22. The van der Waals surface area contributed by atoms with Crippen LogP contribution in [0.15, 0.2) is 78.9 Å². The summed E-state index contributed by atoms with van der Waals surface area (Å²) in [7, 11) is 0. The van der Waals surface area contributed by atoms with Crippen LogP contribution in [0.5, 0.6) is 0 Å². The van der Waals surface area contributed by atoms with Gasteiger partial charge < -0.3 is 10.1 Å². The fourth-order valence-electron chi connectivity index (χ4n) is 2.74. The molecule has 0 aliphatic rings. The second kappa shape index (κ2) is 8.97. The van der Waals surface area contributed by atoms with Gasteiger partial charge in [0.1, 0.15) is 0 Å². The van der Waals surface area contributed by atoms with Crippen molar-refractivity contribution >= 4 is 23.3 Å². The zero-order chi connectivity index (χ0) is 20.8. The predicted octanol–water partition coefficient (Wildman–Crippen LogP) is 4.74. The van der Waals surface area contributed by atoms with E-state index < -0.39 is 18.0 Å². The van der Waals surface area contributed by atoms with E-state index in [4.69, 9.17) is 4.74 Å². The van der Waals surface area contributed by atoms with Crippen LogP contribution in [0.3, 0.4) is 0 Å². The first kappa shape index (κ1) is 20.0. The topological polar surface area (TPSA) is 72.5 Å². The maximum Gasteiger partial charge on any atom is 0.338 e. The lowest BCUT2D eigenvalue weighted by Gasteiger charge is -2.14. The highest BCUT2D eigenvalue weighted by atomic mass is 16.5. The molecule has 1 N–H and O–H groups in total. The maximum absolute atomic E-state index is 12.3. The number of rotatable bonds is 6. The zero-order valence-electron chi connectivity index (χ0n) is 16.2. The molecule has 0 heterocycles. The normalized spacial score (nSPS) is 11.4. The first-order chi connectivity index (χ1) is 13.9. The number of esters is 1. The van der Waals surface area contributed by atoms with Crippen molar-refractivity contribution in [2.45, 2.75) is 20.0 Å². The average molecular weight is 387 g/mol. The molecule has 29 heavy (non-hydrogen) atoms. The van der Waals surface area contributed by atoms with E-state index in [9.17, 15) is 14.4 Å². The molecular formula is C24H21NO4. The Morgan fingerprint density at radius 2 is 1.31 bits per heavy atom. The number of hydrogen-bond donors (Lipinski definition) is 1. The van der Waals surface area contributed by atoms with Crippen molar-refractivity contribution in [1.82, 2.24) is 0 Å². The highest BCUT2D eigenvalue weighted by Gasteiger charge is 2.19. The fourth-order valence-corrected chi connectivity index (χ4v) is 2.74. The molecule has 0 radical (unpaired) electrons. The second-order valence-corrected chi connectivity index (χ2v) is 6.61. The Kier molecular flexibility index (Phi) is 6.19. The number of Topliss-reactive ketones (excluding diaryl/α,β-unsaturated/α-hetero) is 1. The van der Waals surface area contributed by atoms with Crippen molar-refractivity contribution in [2.24, 2.45) is 0 Å². The minimum atomic E-state index is -0.969. The molecule has 3 rings (SSSR count). The number of carbonyl (C=O) groups is 3. The van der Waals surface area contributed by atoms with Crippen molar-refractivity contribution in [3.63, 3.8) is 0 Å². The van der Waals surface area contributed by atoms with Gasteiger partial charge in [-0.15, -0.1) is 0 Å². The molecule has 0 saturated heterocycles. The van der Waals surface area contributed by atoms with Gasteiger partial charge in [0, 0.05) is 11.3 Å². The molecule has 1 atom stereocenters. The van der Waals surface area contributed by atoms with Crippen LogP contribution >= 0.6 is 0 Å². The van der Waals surface area contributed by atoms with Crippen LogP contribution in [0, 0.1) is 0 Å². The largest absolute Gasteiger partial charge is 0.449 e. The van der Waals surface area contributed by atoms with E-state index in [0.717, 1.165) is 11.1 Å². The van der Waals surface area contributed by atoms with Gasteiger partial charge in [-0.1, -0.05) is 42.5 Å². The molecule has 0 fully saturated rings. The molecule has 0 spiro atoms. The van der Waals surface area contributed by atoms with E-state index >= 15 is 0 Å². The molecule has 0 aliphatic heterocycles. The van der Waals surface area contributed by atoms with E-state index in [1.54, 1.807) is 36.4 Å². The third-order valence-corrected chi connectivity index (χ3v) is 4.44. The molecule has 146 valence electrons. The van der Waals surface area contributed by atoms with Gasteiger partial charge in [-0.3, -0.25) is 9.59 Å². The number of ether oxygens (including phenoxy) is 1. The minimum absolute atomic E-state index is 0.0524. The van der Waals surface area contributed by atoms with Gasteiger partial charge in [0.15, 0.2) is 11.9 Å². The van der Waals surface area contributed by atoms with E-state index in [1.807, 2.05) is 42.5 Å². The van der Waals surface area contributed by atoms with Gasteiger partial charge in [-0.05, 0) is 61.4 Å². The number of nitrogens with one attached hydrogen (secondary N) is 1. The predicted molar refractivity (Wildman–Crippen MR) is 112 cm³/mol. The first-order valence-electron chi connectivity index (χ1n) is 9.22. The number of hydrogen-bond acceptors (Lipinski definition) is 4. The Hall–Kier alpha value is -3.73. The maximum atomic E-state index is 12.3. The SMILES string of the molecule is CC(=O)c1ccc(NC(=O)[C@@H](C)OC(=O)c2ccc(-c3ccccc3)cc2)cc1. The molecule has 0 unspecified atom stereocenters. The molecule has 3 aromatic carbocycles. The standard InChI is InChI=1S/C24H21NO4/c1-16(26)18-12-14-22(15-13-18)25-23(27)17(2)29-24(28)21-10-8-20(9-11-21)19-6-4-3-5-7-19/h3-15,17H,1-2H3,(H,25,27)/t17-/m1/s1. The molecule has 3 aromatic rings. The Morgan fingerprint density at radius 3 is 1.90 bits per heavy atom. The Labute approximate surface area is 169 Å². The average Bonchev–Trinajstić information content (AvgIpc) is 2.74. The van der Waals surface area contributed by atoms with Gasteiger partial charge in [0.25, 0.3) is 5.91 Å². The van der Waals surface area contributed by atoms with E-state index in [-0.39, 0.29) is 5.78 Å². The van der Waals surface area contributed by atoms with Crippen LogP contribution in [-0.2, 0) is 9.53 Å². The smallest absolute Gasteiger partial charge is 0.338 e. The summed E-state index contributed by atoms with van der Waals surface area (Å²) in [6, 6.07) is 23.4. The third kappa shape index (κ3) is 5.17. The number of benzene rings is 3. The number of amides is 1.